The lowest BCUT2D eigenvalue weighted by Gasteiger charge is -2.17. The number of amides is 2. The summed E-state index contributed by atoms with van der Waals surface area (Å²) in [5.41, 5.74) is 4.15. The SMILES string of the molecule is CN(CC[n+]1ccc(N=Nc2ccccc2)cc1)C(=O)c1ccc(C(=O)N(C)CC[n+]2ccc(N=Nc3ccccc3)cc2)cc1. The summed E-state index contributed by atoms with van der Waals surface area (Å²) >= 11 is 0. The van der Waals surface area contributed by atoms with Crippen molar-refractivity contribution in [2.75, 3.05) is 27.2 Å². The van der Waals surface area contributed by atoms with Crippen LogP contribution >= 0.6 is 0 Å². The molecule has 10 heteroatoms. The van der Waals surface area contributed by atoms with Crippen LogP contribution < -0.4 is 9.13 Å². The van der Waals surface area contributed by atoms with Gasteiger partial charge in [0.2, 0.25) is 0 Å². The number of hydrogen-bond donors (Lipinski definition) is 0. The van der Waals surface area contributed by atoms with Crippen molar-refractivity contribution in [1.82, 2.24) is 9.80 Å². The van der Waals surface area contributed by atoms with Gasteiger partial charge in [-0.3, -0.25) is 9.59 Å². The molecule has 0 bridgehead atoms. The lowest BCUT2D eigenvalue weighted by molar-refractivity contribution is -0.696. The van der Waals surface area contributed by atoms with Crippen LogP contribution in [-0.4, -0.2) is 48.8 Å². The van der Waals surface area contributed by atoms with Gasteiger partial charge in [0.05, 0.1) is 35.8 Å². The molecule has 2 aromatic heterocycles. The van der Waals surface area contributed by atoms with Crippen molar-refractivity contribution in [2.45, 2.75) is 13.1 Å². The van der Waals surface area contributed by atoms with Gasteiger partial charge in [0, 0.05) is 49.5 Å². The number of aromatic nitrogens is 2. The third kappa shape index (κ3) is 9.06. The lowest BCUT2D eigenvalue weighted by atomic mass is 10.1. The Hall–Kier alpha value is -5.90. The van der Waals surface area contributed by atoms with E-state index in [9.17, 15) is 9.59 Å². The fourth-order valence-electron chi connectivity index (χ4n) is 4.48. The minimum absolute atomic E-state index is 0.107. The first-order chi connectivity index (χ1) is 22.4. The Morgan fingerprint density at radius 3 is 1.11 bits per heavy atom. The van der Waals surface area contributed by atoms with Crippen molar-refractivity contribution in [1.29, 1.82) is 0 Å². The van der Waals surface area contributed by atoms with Gasteiger partial charge in [0.15, 0.2) is 37.9 Å². The third-order valence-corrected chi connectivity index (χ3v) is 7.28. The second-order valence-corrected chi connectivity index (χ2v) is 10.7. The van der Waals surface area contributed by atoms with Crippen molar-refractivity contribution in [3.63, 3.8) is 0 Å². The highest BCUT2D eigenvalue weighted by molar-refractivity contribution is 5.97. The number of pyridine rings is 2. The predicted molar refractivity (Wildman–Crippen MR) is 175 cm³/mol. The van der Waals surface area contributed by atoms with Gasteiger partial charge in [0.1, 0.15) is 0 Å². The first kappa shape index (κ1) is 31.5. The molecular weight excluding hydrogens is 576 g/mol. The van der Waals surface area contributed by atoms with E-state index in [0.717, 1.165) is 22.7 Å². The number of carbonyl (C=O) groups excluding carboxylic acids is 2. The van der Waals surface area contributed by atoms with Gasteiger partial charge in [-0.1, -0.05) is 36.4 Å². The highest BCUT2D eigenvalue weighted by Crippen LogP contribution is 2.17. The first-order valence-electron chi connectivity index (χ1n) is 15.0. The molecule has 46 heavy (non-hydrogen) atoms. The topological polar surface area (TPSA) is 97.8 Å². The Morgan fingerprint density at radius 2 is 0.783 bits per heavy atom. The Morgan fingerprint density at radius 1 is 0.478 bits per heavy atom. The van der Waals surface area contributed by atoms with Crippen LogP contribution in [0, 0.1) is 0 Å². The summed E-state index contributed by atoms with van der Waals surface area (Å²) in [4.78, 5) is 29.4. The Balaban J connectivity index is 1.07. The molecule has 5 aromatic rings. The third-order valence-electron chi connectivity index (χ3n) is 7.28. The second kappa shape index (κ2) is 15.7. The summed E-state index contributed by atoms with van der Waals surface area (Å²) in [5.74, 6) is -0.214. The quantitative estimate of drug-likeness (QED) is 0.117. The highest BCUT2D eigenvalue weighted by atomic mass is 16.2. The van der Waals surface area contributed by atoms with E-state index in [1.807, 2.05) is 119 Å². The molecule has 0 fully saturated rings. The van der Waals surface area contributed by atoms with E-state index in [1.165, 1.54) is 0 Å². The molecule has 5 rings (SSSR count). The number of likely N-dealkylation sites (N-methyl/N-ethyl adjacent to an activating group) is 2. The molecule has 2 heterocycles. The zero-order chi connectivity index (χ0) is 32.1. The average Bonchev–Trinajstić information content (AvgIpc) is 3.12. The zero-order valence-electron chi connectivity index (χ0n) is 25.9. The van der Waals surface area contributed by atoms with Gasteiger partial charge in [-0.25, -0.2) is 9.13 Å². The van der Waals surface area contributed by atoms with Crippen molar-refractivity contribution in [3.05, 3.63) is 145 Å². The van der Waals surface area contributed by atoms with Crippen molar-refractivity contribution >= 4 is 34.6 Å². The van der Waals surface area contributed by atoms with Crippen LogP contribution in [-0.2, 0) is 13.1 Å². The van der Waals surface area contributed by atoms with Crippen LogP contribution in [0.4, 0.5) is 22.7 Å². The molecule has 230 valence electrons. The van der Waals surface area contributed by atoms with Gasteiger partial charge < -0.3 is 9.80 Å². The van der Waals surface area contributed by atoms with E-state index < -0.39 is 0 Å². The fourth-order valence-corrected chi connectivity index (χ4v) is 4.48. The van der Waals surface area contributed by atoms with Crippen molar-refractivity contribution < 1.29 is 18.7 Å². The van der Waals surface area contributed by atoms with E-state index in [2.05, 4.69) is 20.5 Å². The summed E-state index contributed by atoms with van der Waals surface area (Å²) in [5, 5.41) is 17.0. The molecular formula is C36H36N8O2+2. The maximum Gasteiger partial charge on any atom is 0.253 e. The summed E-state index contributed by atoms with van der Waals surface area (Å²) in [6, 6.07) is 33.5. The van der Waals surface area contributed by atoms with Gasteiger partial charge in [0.25, 0.3) is 11.8 Å². The monoisotopic (exact) mass is 612 g/mol. The number of benzene rings is 3. The van der Waals surface area contributed by atoms with E-state index in [-0.39, 0.29) is 11.8 Å². The molecule has 3 aromatic carbocycles. The Kier molecular flexibility index (Phi) is 10.8. The van der Waals surface area contributed by atoms with Gasteiger partial charge >= 0.3 is 0 Å². The molecule has 0 saturated heterocycles. The predicted octanol–water partition coefficient (Wildman–Crippen LogP) is 6.64. The van der Waals surface area contributed by atoms with Crippen LogP contribution in [0.5, 0.6) is 0 Å². The molecule has 0 unspecified atom stereocenters. The summed E-state index contributed by atoms with van der Waals surface area (Å²) < 4.78 is 3.99. The van der Waals surface area contributed by atoms with E-state index >= 15 is 0 Å². The number of azo groups is 2. The lowest BCUT2D eigenvalue weighted by Crippen LogP contribution is -2.41. The normalized spacial score (nSPS) is 11.2. The Labute approximate surface area is 268 Å². The summed E-state index contributed by atoms with van der Waals surface area (Å²) in [6.45, 7) is 2.29. The largest absolute Gasteiger partial charge is 0.335 e. The molecule has 0 aliphatic rings. The average molecular weight is 613 g/mol. The van der Waals surface area contributed by atoms with Crippen LogP contribution in [0.1, 0.15) is 20.7 Å². The van der Waals surface area contributed by atoms with Crippen molar-refractivity contribution in [3.8, 4) is 0 Å². The van der Waals surface area contributed by atoms with E-state index in [1.54, 1.807) is 48.2 Å². The molecule has 0 radical (unpaired) electrons. The van der Waals surface area contributed by atoms with E-state index in [0.29, 0.717) is 37.3 Å². The maximum atomic E-state index is 13.0. The molecule has 0 aliphatic carbocycles. The first-order valence-corrected chi connectivity index (χ1v) is 15.0. The molecule has 0 N–H and O–H groups in total. The van der Waals surface area contributed by atoms with Crippen LogP contribution in [0.3, 0.4) is 0 Å². The standard InChI is InChI=1S/C36H36N8O2/c1-41(25-27-43-21-17-33(18-22-43)39-37-31-9-5-3-6-10-31)35(45)29-13-15-30(16-14-29)36(46)42(2)26-28-44-23-19-34(20-24-44)40-38-32-11-7-4-8-12-32/h3-24H,25-28H2,1-2H3/q+2. The highest BCUT2D eigenvalue weighted by Gasteiger charge is 2.17. The number of hydrogen-bond acceptors (Lipinski definition) is 6. The minimum atomic E-state index is -0.107. The number of carbonyl (C=O) groups is 2. The van der Waals surface area contributed by atoms with Crippen LogP contribution in [0.2, 0.25) is 0 Å². The smallest absolute Gasteiger partial charge is 0.253 e. The Bertz CT molecular complexity index is 1640. The maximum absolute atomic E-state index is 13.0. The van der Waals surface area contributed by atoms with E-state index in [4.69, 9.17) is 0 Å². The fraction of sp³-hybridized carbons (Fsp3) is 0.167. The number of nitrogens with zero attached hydrogens (tertiary/aromatic N) is 8. The summed E-state index contributed by atoms with van der Waals surface area (Å²) in [7, 11) is 3.54. The molecule has 0 saturated carbocycles. The zero-order valence-corrected chi connectivity index (χ0v) is 25.9. The summed E-state index contributed by atoms with van der Waals surface area (Å²) in [6.07, 6.45) is 7.67. The van der Waals surface area contributed by atoms with Gasteiger partial charge in [-0.15, -0.1) is 0 Å². The minimum Gasteiger partial charge on any atom is -0.335 e. The molecule has 10 nitrogen and oxygen atoms in total. The molecule has 2 amide bonds. The second-order valence-electron chi connectivity index (χ2n) is 10.7. The van der Waals surface area contributed by atoms with Gasteiger partial charge in [-0.2, -0.15) is 20.5 Å². The number of rotatable bonds is 12. The van der Waals surface area contributed by atoms with Crippen molar-refractivity contribution in [2.24, 2.45) is 20.5 Å². The van der Waals surface area contributed by atoms with Crippen LogP contribution in [0.15, 0.2) is 154 Å². The van der Waals surface area contributed by atoms with Crippen LogP contribution in [0.25, 0.3) is 0 Å². The van der Waals surface area contributed by atoms with Gasteiger partial charge in [-0.05, 0) is 48.5 Å². The molecule has 0 spiro atoms. The molecule has 0 aliphatic heterocycles. The molecule has 0 atom stereocenters.